The Hall–Kier alpha value is -2.94. The number of para-hydroxylation sites is 1. The van der Waals surface area contributed by atoms with Crippen molar-refractivity contribution in [2.45, 2.75) is 17.2 Å². The van der Waals surface area contributed by atoms with Crippen molar-refractivity contribution >= 4 is 43.9 Å². The molecule has 0 spiro atoms. The molecule has 0 radical (unpaired) electrons. The Morgan fingerprint density at radius 3 is 2.80 bits per heavy atom. The van der Waals surface area contributed by atoms with Crippen LogP contribution in [0.2, 0.25) is 0 Å². The van der Waals surface area contributed by atoms with Gasteiger partial charge >= 0.3 is 0 Å². The number of aromatic nitrogens is 1. The van der Waals surface area contributed by atoms with Crippen molar-refractivity contribution in [1.29, 1.82) is 0 Å². The second-order valence-electron chi connectivity index (χ2n) is 7.25. The number of hydrogen-bond donors (Lipinski definition) is 3. The molecular formula is C22H19N3O3S2. The second kappa shape index (κ2) is 7.39. The number of H-pyrrole nitrogens is 1. The van der Waals surface area contributed by atoms with Crippen molar-refractivity contribution < 1.29 is 13.2 Å². The average molecular weight is 438 g/mol. The van der Waals surface area contributed by atoms with Gasteiger partial charge in [-0.3, -0.25) is 4.79 Å². The van der Waals surface area contributed by atoms with Gasteiger partial charge in [0.25, 0.3) is 0 Å². The van der Waals surface area contributed by atoms with Crippen LogP contribution in [0, 0.1) is 0 Å². The summed E-state index contributed by atoms with van der Waals surface area (Å²) in [5.41, 5.74) is 3.45. The van der Waals surface area contributed by atoms with Crippen LogP contribution in [0.15, 0.2) is 71.1 Å². The zero-order valence-electron chi connectivity index (χ0n) is 15.9. The fraction of sp³-hybridized carbons (Fsp3) is 0.136. The van der Waals surface area contributed by atoms with Gasteiger partial charge in [0.15, 0.2) is 0 Å². The number of fused-ring (bicyclic) bond motifs is 2. The van der Waals surface area contributed by atoms with Gasteiger partial charge in [0, 0.05) is 40.1 Å². The summed E-state index contributed by atoms with van der Waals surface area (Å²) in [6, 6.07) is 16.7. The molecular weight excluding hydrogens is 418 g/mol. The Balaban J connectivity index is 1.45. The number of thiophene rings is 1. The molecule has 152 valence electrons. The molecule has 1 aliphatic heterocycles. The van der Waals surface area contributed by atoms with Gasteiger partial charge in [-0.2, -0.15) is 0 Å². The first-order valence-electron chi connectivity index (χ1n) is 9.53. The molecule has 4 aromatic rings. The minimum absolute atomic E-state index is 0.117. The maximum Gasteiger partial charge on any atom is 0.240 e. The lowest BCUT2D eigenvalue weighted by Crippen LogP contribution is -2.28. The predicted octanol–water partition coefficient (Wildman–Crippen LogP) is 3.83. The van der Waals surface area contributed by atoms with Gasteiger partial charge in [-0.15, -0.1) is 11.3 Å². The van der Waals surface area contributed by atoms with Crippen molar-refractivity contribution in [2.24, 2.45) is 0 Å². The van der Waals surface area contributed by atoms with Gasteiger partial charge < -0.3 is 10.3 Å². The molecule has 0 unspecified atom stereocenters. The minimum atomic E-state index is -3.72. The van der Waals surface area contributed by atoms with Gasteiger partial charge in [-0.05, 0) is 46.8 Å². The second-order valence-corrected chi connectivity index (χ2v) is 10.00. The number of amides is 1. The number of carbonyl (C=O) groups is 1. The Kier molecular flexibility index (Phi) is 4.69. The maximum absolute atomic E-state index is 13.0. The highest BCUT2D eigenvalue weighted by Crippen LogP contribution is 2.33. The summed E-state index contributed by atoms with van der Waals surface area (Å²) in [4.78, 5) is 16.1. The van der Waals surface area contributed by atoms with E-state index < -0.39 is 10.0 Å². The Morgan fingerprint density at radius 2 is 1.97 bits per heavy atom. The monoisotopic (exact) mass is 437 g/mol. The predicted molar refractivity (Wildman–Crippen MR) is 118 cm³/mol. The standard InChI is InChI=1S/C22H19N3O3S2/c26-22-11-14-10-15(7-8-19(14)25-22)30(27,28)24-13-18(21-6-3-9-29-21)17-12-23-20-5-2-1-4-16(17)20/h1-10,12,18,23-24H,11,13H2,(H,25,26)/t18-/m0/s1. The van der Waals surface area contributed by atoms with Crippen LogP contribution in [0.5, 0.6) is 0 Å². The van der Waals surface area contributed by atoms with E-state index in [1.165, 1.54) is 6.07 Å². The third-order valence-corrected chi connectivity index (χ3v) is 7.78. The van der Waals surface area contributed by atoms with E-state index >= 15 is 0 Å². The lowest BCUT2D eigenvalue weighted by molar-refractivity contribution is -0.115. The summed E-state index contributed by atoms with van der Waals surface area (Å²) in [6.45, 7) is 0.235. The van der Waals surface area contributed by atoms with E-state index in [1.807, 2.05) is 48.0 Å². The fourth-order valence-corrected chi connectivity index (χ4v) is 5.83. The maximum atomic E-state index is 13.0. The molecule has 2 aromatic carbocycles. The molecule has 1 amide bonds. The number of rotatable bonds is 6. The molecule has 0 saturated carbocycles. The van der Waals surface area contributed by atoms with E-state index in [-0.39, 0.29) is 29.7 Å². The number of nitrogens with one attached hydrogen (secondary N) is 3. The number of aromatic amines is 1. The Morgan fingerprint density at radius 1 is 1.10 bits per heavy atom. The smallest absolute Gasteiger partial charge is 0.240 e. The van der Waals surface area contributed by atoms with Gasteiger partial charge in [0.05, 0.1) is 11.3 Å². The lowest BCUT2D eigenvalue weighted by Gasteiger charge is -2.17. The molecule has 5 rings (SSSR count). The van der Waals surface area contributed by atoms with E-state index in [0.717, 1.165) is 21.3 Å². The van der Waals surface area contributed by atoms with Crippen molar-refractivity contribution in [3.05, 3.63) is 82.2 Å². The van der Waals surface area contributed by atoms with Gasteiger partial charge in [-0.25, -0.2) is 13.1 Å². The Bertz CT molecular complexity index is 1340. The van der Waals surface area contributed by atoms with Crippen LogP contribution in [-0.2, 0) is 21.2 Å². The highest BCUT2D eigenvalue weighted by molar-refractivity contribution is 7.89. The average Bonchev–Trinajstić information content (AvgIpc) is 3.47. The molecule has 30 heavy (non-hydrogen) atoms. The number of carbonyl (C=O) groups excluding carboxylic acids is 1. The van der Waals surface area contributed by atoms with Gasteiger partial charge in [0.1, 0.15) is 0 Å². The quantitative estimate of drug-likeness (QED) is 0.428. The molecule has 2 aromatic heterocycles. The zero-order chi connectivity index (χ0) is 20.7. The summed E-state index contributed by atoms with van der Waals surface area (Å²) < 4.78 is 28.8. The third kappa shape index (κ3) is 3.43. The van der Waals surface area contributed by atoms with Crippen LogP contribution in [-0.4, -0.2) is 25.9 Å². The number of anilines is 1. The van der Waals surface area contributed by atoms with Crippen LogP contribution in [0.25, 0.3) is 10.9 Å². The van der Waals surface area contributed by atoms with Crippen molar-refractivity contribution in [2.75, 3.05) is 11.9 Å². The first-order valence-corrected chi connectivity index (χ1v) is 11.9. The zero-order valence-corrected chi connectivity index (χ0v) is 17.5. The first-order chi connectivity index (χ1) is 14.5. The SMILES string of the molecule is O=C1Cc2cc(S(=O)(=O)NC[C@H](c3cccs3)c3c[nH]c4ccccc34)ccc2N1. The molecule has 0 bridgehead atoms. The summed E-state index contributed by atoms with van der Waals surface area (Å²) >= 11 is 1.61. The van der Waals surface area contributed by atoms with E-state index in [2.05, 4.69) is 15.0 Å². The van der Waals surface area contributed by atoms with E-state index in [1.54, 1.807) is 23.5 Å². The molecule has 1 atom stereocenters. The van der Waals surface area contributed by atoms with Crippen molar-refractivity contribution in [1.82, 2.24) is 9.71 Å². The van der Waals surface area contributed by atoms with Crippen LogP contribution in [0.1, 0.15) is 21.9 Å². The highest BCUT2D eigenvalue weighted by atomic mass is 32.2. The summed E-state index contributed by atoms with van der Waals surface area (Å²) in [7, 11) is -3.72. The number of benzene rings is 2. The largest absolute Gasteiger partial charge is 0.361 e. The van der Waals surface area contributed by atoms with E-state index in [9.17, 15) is 13.2 Å². The molecule has 1 aliphatic rings. The highest BCUT2D eigenvalue weighted by Gasteiger charge is 2.25. The number of sulfonamides is 1. The molecule has 0 aliphatic carbocycles. The first kappa shape index (κ1) is 19.0. The van der Waals surface area contributed by atoms with Gasteiger partial charge in [0.2, 0.25) is 15.9 Å². The summed E-state index contributed by atoms with van der Waals surface area (Å²) in [6.07, 6.45) is 2.15. The lowest BCUT2D eigenvalue weighted by atomic mass is 9.97. The third-order valence-electron chi connectivity index (χ3n) is 5.37. The van der Waals surface area contributed by atoms with Crippen molar-refractivity contribution in [3.8, 4) is 0 Å². The minimum Gasteiger partial charge on any atom is -0.361 e. The van der Waals surface area contributed by atoms with Crippen LogP contribution < -0.4 is 10.0 Å². The van der Waals surface area contributed by atoms with Gasteiger partial charge in [-0.1, -0.05) is 24.3 Å². The molecule has 6 nitrogen and oxygen atoms in total. The number of hydrogen-bond acceptors (Lipinski definition) is 4. The van der Waals surface area contributed by atoms with E-state index in [4.69, 9.17) is 0 Å². The molecule has 3 N–H and O–H groups in total. The van der Waals surface area contributed by atoms with E-state index in [0.29, 0.717) is 11.3 Å². The molecule has 3 heterocycles. The normalized spacial score (nSPS) is 14.6. The molecule has 0 fully saturated rings. The summed E-state index contributed by atoms with van der Waals surface area (Å²) in [5.74, 6) is -0.238. The van der Waals surface area contributed by atoms with Crippen LogP contribution >= 0.6 is 11.3 Å². The van der Waals surface area contributed by atoms with Crippen LogP contribution in [0.3, 0.4) is 0 Å². The fourth-order valence-electron chi connectivity index (χ4n) is 3.88. The molecule has 8 heteroatoms. The van der Waals surface area contributed by atoms with Crippen molar-refractivity contribution in [3.63, 3.8) is 0 Å². The Labute approximate surface area is 178 Å². The summed E-state index contributed by atoms with van der Waals surface area (Å²) in [5, 5.41) is 5.80. The van der Waals surface area contributed by atoms with Crippen LogP contribution in [0.4, 0.5) is 5.69 Å². The topological polar surface area (TPSA) is 91.1 Å². The molecule has 0 saturated heterocycles.